The zero-order valence-corrected chi connectivity index (χ0v) is 4.45. The molecule has 0 aliphatic rings. The van der Waals surface area contributed by atoms with E-state index in [1.165, 1.54) is 0 Å². The topological polar surface area (TPSA) is 0 Å². The molecular formula is C4H13NNa+. The third-order valence-electron chi connectivity index (χ3n) is 0. The predicted molar refractivity (Wildman–Crippen MR) is 31.1 cm³/mol. The summed E-state index contributed by atoms with van der Waals surface area (Å²) in [4.78, 5) is 0. The van der Waals surface area contributed by atoms with Crippen molar-refractivity contribution in [3.05, 3.63) is 0 Å². The van der Waals surface area contributed by atoms with Crippen LogP contribution in [-0.4, -0.2) is 62.2 Å². The zero-order chi connectivity index (χ0) is 4.50. The summed E-state index contributed by atoms with van der Waals surface area (Å²) >= 11 is 0. The van der Waals surface area contributed by atoms with E-state index in [9.17, 15) is 0 Å². The van der Waals surface area contributed by atoms with Crippen molar-refractivity contribution < 1.29 is 4.48 Å². The van der Waals surface area contributed by atoms with Gasteiger partial charge in [0, 0.05) is 0 Å². The summed E-state index contributed by atoms with van der Waals surface area (Å²) in [5.74, 6) is 0. The molecule has 0 aromatic rings. The second kappa shape index (κ2) is 3.03. The van der Waals surface area contributed by atoms with Crippen molar-refractivity contribution in [2.75, 3.05) is 28.2 Å². The Morgan fingerprint density at radius 3 is 0.833 bits per heavy atom. The standard InChI is InChI=1S/C4H12N.Na.H/c1-5(2,3)4;;/h1-4H3;;/q+1;;. The summed E-state index contributed by atoms with van der Waals surface area (Å²) in [6, 6.07) is 0. The summed E-state index contributed by atoms with van der Waals surface area (Å²) in [6.45, 7) is 0. The molecule has 0 aromatic carbocycles. The normalized spacial score (nSPS) is 10.0. The van der Waals surface area contributed by atoms with Gasteiger partial charge in [-0.25, -0.2) is 0 Å². The van der Waals surface area contributed by atoms with Crippen molar-refractivity contribution in [2.24, 2.45) is 0 Å². The molecule has 0 bridgehead atoms. The number of hydrogen-bond donors (Lipinski definition) is 0. The van der Waals surface area contributed by atoms with Gasteiger partial charge >= 0.3 is 29.6 Å². The second-order valence-electron chi connectivity index (χ2n) is 2.68. The molecule has 2 heteroatoms. The van der Waals surface area contributed by atoms with Crippen molar-refractivity contribution in [3.8, 4) is 0 Å². The summed E-state index contributed by atoms with van der Waals surface area (Å²) in [6.07, 6.45) is 0. The van der Waals surface area contributed by atoms with Crippen LogP contribution >= 0.6 is 0 Å². The van der Waals surface area contributed by atoms with Crippen LogP contribution in [0, 0.1) is 0 Å². The van der Waals surface area contributed by atoms with Crippen molar-refractivity contribution in [3.63, 3.8) is 0 Å². The van der Waals surface area contributed by atoms with E-state index in [4.69, 9.17) is 0 Å². The maximum atomic E-state index is 2.12. The van der Waals surface area contributed by atoms with Gasteiger partial charge < -0.3 is 4.48 Å². The van der Waals surface area contributed by atoms with E-state index in [0.29, 0.717) is 0 Å². The van der Waals surface area contributed by atoms with Gasteiger partial charge in [-0.2, -0.15) is 0 Å². The van der Waals surface area contributed by atoms with E-state index >= 15 is 0 Å². The molecular weight excluding hydrogens is 85.0 g/mol. The molecule has 0 saturated heterocycles. The van der Waals surface area contributed by atoms with Gasteiger partial charge in [-0.3, -0.25) is 0 Å². The Balaban J connectivity index is 0. The summed E-state index contributed by atoms with van der Waals surface area (Å²) in [5, 5.41) is 0. The molecule has 0 atom stereocenters. The first-order chi connectivity index (χ1) is 2.00. The SMILES string of the molecule is C[N+](C)(C)C.[NaH]. The van der Waals surface area contributed by atoms with Gasteiger partial charge in [-0.1, -0.05) is 0 Å². The number of quaternary nitrogens is 1. The first kappa shape index (κ1) is 10.0. The quantitative estimate of drug-likeness (QED) is 0.287. The third-order valence-corrected chi connectivity index (χ3v) is 0. The van der Waals surface area contributed by atoms with Crippen LogP contribution in [0.25, 0.3) is 0 Å². The van der Waals surface area contributed by atoms with Crippen LogP contribution in [0.2, 0.25) is 0 Å². The fraction of sp³-hybridized carbons (Fsp3) is 1.00. The second-order valence-corrected chi connectivity index (χ2v) is 2.68. The molecule has 0 saturated carbocycles. The number of hydrogen-bond acceptors (Lipinski definition) is 0. The molecule has 0 heterocycles. The summed E-state index contributed by atoms with van der Waals surface area (Å²) < 4.78 is 1.00. The Labute approximate surface area is 62.2 Å². The van der Waals surface area contributed by atoms with Crippen molar-refractivity contribution in [1.82, 2.24) is 0 Å². The van der Waals surface area contributed by atoms with Gasteiger partial charge in [0.15, 0.2) is 0 Å². The number of nitrogens with zero attached hydrogens (tertiary/aromatic N) is 1. The molecule has 0 amide bonds. The molecule has 0 rings (SSSR count). The van der Waals surface area contributed by atoms with Gasteiger partial charge in [-0.15, -0.1) is 0 Å². The molecule has 0 unspecified atom stereocenters. The fourth-order valence-corrected chi connectivity index (χ4v) is 0. The van der Waals surface area contributed by atoms with Crippen LogP contribution in [0.15, 0.2) is 0 Å². The predicted octanol–water partition coefficient (Wildman–Crippen LogP) is -0.326. The molecule has 34 valence electrons. The van der Waals surface area contributed by atoms with Gasteiger partial charge in [0.1, 0.15) is 0 Å². The van der Waals surface area contributed by atoms with E-state index < -0.39 is 0 Å². The monoisotopic (exact) mass is 98.1 g/mol. The fourth-order valence-electron chi connectivity index (χ4n) is 0. The van der Waals surface area contributed by atoms with E-state index in [1.807, 2.05) is 0 Å². The van der Waals surface area contributed by atoms with E-state index in [-0.39, 0.29) is 29.6 Å². The Morgan fingerprint density at radius 1 is 0.833 bits per heavy atom. The molecule has 0 aliphatic carbocycles. The summed E-state index contributed by atoms with van der Waals surface area (Å²) in [5.41, 5.74) is 0. The van der Waals surface area contributed by atoms with Crippen LogP contribution in [-0.2, 0) is 0 Å². The maximum absolute atomic E-state index is 2.12. The minimum absolute atomic E-state index is 0. The molecule has 0 fully saturated rings. The Morgan fingerprint density at radius 2 is 0.833 bits per heavy atom. The Bertz CT molecular complexity index is 23.0. The zero-order valence-electron chi connectivity index (χ0n) is 4.45. The molecule has 0 N–H and O–H groups in total. The van der Waals surface area contributed by atoms with Gasteiger partial charge in [0.05, 0.1) is 28.2 Å². The first-order valence-electron chi connectivity index (χ1n) is 1.79. The van der Waals surface area contributed by atoms with E-state index in [0.717, 1.165) is 4.48 Å². The van der Waals surface area contributed by atoms with Crippen molar-refractivity contribution in [2.45, 2.75) is 0 Å². The van der Waals surface area contributed by atoms with Crippen LogP contribution in [0.4, 0.5) is 0 Å². The van der Waals surface area contributed by atoms with Gasteiger partial charge in [-0.05, 0) is 0 Å². The molecule has 0 aromatic heterocycles. The minimum atomic E-state index is 0. The summed E-state index contributed by atoms with van der Waals surface area (Å²) in [7, 11) is 8.50. The van der Waals surface area contributed by atoms with Gasteiger partial charge in [0.25, 0.3) is 0 Å². The van der Waals surface area contributed by atoms with Gasteiger partial charge in [0.2, 0.25) is 0 Å². The van der Waals surface area contributed by atoms with Crippen LogP contribution < -0.4 is 0 Å². The van der Waals surface area contributed by atoms with Crippen molar-refractivity contribution >= 4 is 29.6 Å². The van der Waals surface area contributed by atoms with E-state index in [2.05, 4.69) is 28.2 Å². The van der Waals surface area contributed by atoms with Crippen LogP contribution in [0.3, 0.4) is 0 Å². The number of rotatable bonds is 0. The molecule has 6 heavy (non-hydrogen) atoms. The molecule has 0 aliphatic heterocycles. The Hall–Kier alpha value is 0.960. The van der Waals surface area contributed by atoms with E-state index in [1.54, 1.807) is 0 Å². The molecule has 1 nitrogen and oxygen atoms in total. The van der Waals surface area contributed by atoms with Crippen LogP contribution in [0.1, 0.15) is 0 Å². The van der Waals surface area contributed by atoms with Crippen LogP contribution in [0.5, 0.6) is 0 Å². The molecule has 0 radical (unpaired) electrons. The molecule has 0 spiro atoms. The average Bonchev–Trinajstić information content (AvgIpc) is 0.722. The average molecular weight is 98.1 g/mol. The van der Waals surface area contributed by atoms with Crippen molar-refractivity contribution in [1.29, 1.82) is 0 Å². The third kappa shape index (κ3) is 84.4. The Kier molecular flexibility index (Phi) is 5.07. The first-order valence-corrected chi connectivity index (χ1v) is 1.79.